The van der Waals surface area contributed by atoms with Crippen molar-refractivity contribution in [3.63, 3.8) is 0 Å². The summed E-state index contributed by atoms with van der Waals surface area (Å²) in [7, 11) is 1.65. The highest BCUT2D eigenvalue weighted by Crippen LogP contribution is 2.24. The van der Waals surface area contributed by atoms with Crippen LogP contribution in [-0.4, -0.2) is 45.8 Å². The van der Waals surface area contributed by atoms with E-state index in [1.54, 1.807) is 11.7 Å². The van der Waals surface area contributed by atoms with Crippen molar-refractivity contribution in [2.75, 3.05) is 20.2 Å². The number of carbonyl (C=O) groups is 1. The first-order valence-corrected chi connectivity index (χ1v) is 11.1. The summed E-state index contributed by atoms with van der Waals surface area (Å²) < 4.78 is 6.98. The molecule has 1 aliphatic heterocycles. The van der Waals surface area contributed by atoms with Gasteiger partial charge in [-0.1, -0.05) is 30.3 Å². The first-order valence-electron chi connectivity index (χ1n) is 11.1. The molecule has 0 bridgehead atoms. The van der Waals surface area contributed by atoms with Crippen molar-refractivity contribution in [3.05, 3.63) is 75.5 Å². The second-order valence-electron chi connectivity index (χ2n) is 8.58. The highest BCUT2D eigenvalue weighted by Gasteiger charge is 2.25. The molecule has 0 unspecified atom stereocenters. The van der Waals surface area contributed by atoms with E-state index in [-0.39, 0.29) is 11.6 Å². The van der Waals surface area contributed by atoms with Crippen LogP contribution in [0.4, 0.5) is 0 Å². The van der Waals surface area contributed by atoms with E-state index in [4.69, 9.17) is 4.74 Å². The standard InChI is InChI=1S/C25H30N4O3/c1-17-6-4-5-7-21(17)29-23(26-27-25(29)31)15-19-10-12-28(13-11-19)24(30)16-20-8-9-22(32-3)18(2)14-20/h4-9,14,19H,10-13,15-16H2,1-3H3,(H,27,31). The zero-order valence-electron chi connectivity index (χ0n) is 18.9. The van der Waals surface area contributed by atoms with Crippen LogP contribution in [-0.2, 0) is 17.6 Å². The topological polar surface area (TPSA) is 80.2 Å². The summed E-state index contributed by atoms with van der Waals surface area (Å²) in [6.45, 7) is 5.45. The number of carbonyl (C=O) groups excluding carboxylic acids is 1. The van der Waals surface area contributed by atoms with Gasteiger partial charge in [-0.15, -0.1) is 0 Å². The molecule has 0 aliphatic carbocycles. The van der Waals surface area contributed by atoms with Crippen molar-refractivity contribution in [1.29, 1.82) is 0 Å². The lowest BCUT2D eigenvalue weighted by Gasteiger charge is -2.32. The molecule has 0 atom stereocenters. The van der Waals surface area contributed by atoms with Gasteiger partial charge < -0.3 is 9.64 Å². The summed E-state index contributed by atoms with van der Waals surface area (Å²) in [4.78, 5) is 27.2. The Balaban J connectivity index is 1.37. The Morgan fingerprint density at radius 3 is 2.56 bits per heavy atom. The van der Waals surface area contributed by atoms with E-state index in [1.165, 1.54) is 0 Å². The maximum atomic E-state index is 12.8. The molecule has 1 fully saturated rings. The number of methoxy groups -OCH3 is 1. The second kappa shape index (κ2) is 9.42. The Bertz CT molecular complexity index is 1160. The zero-order chi connectivity index (χ0) is 22.7. The van der Waals surface area contributed by atoms with Gasteiger partial charge >= 0.3 is 5.69 Å². The number of piperidine rings is 1. The monoisotopic (exact) mass is 434 g/mol. The van der Waals surface area contributed by atoms with Gasteiger partial charge in [0, 0.05) is 19.5 Å². The molecule has 1 saturated heterocycles. The van der Waals surface area contributed by atoms with Crippen LogP contribution in [0.1, 0.15) is 35.4 Å². The molecular weight excluding hydrogens is 404 g/mol. The fourth-order valence-corrected chi connectivity index (χ4v) is 4.51. The Labute approximate surface area is 188 Å². The van der Waals surface area contributed by atoms with E-state index >= 15 is 0 Å². The Morgan fingerprint density at radius 2 is 1.88 bits per heavy atom. The molecule has 1 aliphatic rings. The number of nitrogens with zero attached hydrogens (tertiary/aromatic N) is 3. The number of hydrogen-bond acceptors (Lipinski definition) is 4. The third kappa shape index (κ3) is 4.61. The Morgan fingerprint density at radius 1 is 1.12 bits per heavy atom. The molecule has 1 N–H and O–H groups in total. The van der Waals surface area contributed by atoms with Crippen LogP contribution in [0.2, 0.25) is 0 Å². The molecule has 0 radical (unpaired) electrons. The summed E-state index contributed by atoms with van der Waals surface area (Å²) in [5.41, 5.74) is 3.73. The maximum absolute atomic E-state index is 12.8. The average molecular weight is 435 g/mol. The van der Waals surface area contributed by atoms with Gasteiger partial charge in [-0.05, 0) is 61.4 Å². The number of rotatable bonds is 6. The third-order valence-corrected chi connectivity index (χ3v) is 6.35. The molecular formula is C25H30N4O3. The largest absolute Gasteiger partial charge is 0.496 e. The number of aryl methyl sites for hydroxylation is 2. The van der Waals surface area contributed by atoms with Gasteiger partial charge in [0.1, 0.15) is 11.6 Å². The molecule has 2 heterocycles. The van der Waals surface area contributed by atoms with Crippen LogP contribution in [0.15, 0.2) is 47.3 Å². The molecule has 3 aromatic rings. The second-order valence-corrected chi connectivity index (χ2v) is 8.58. The minimum absolute atomic E-state index is 0.157. The first-order chi connectivity index (χ1) is 15.5. The normalized spacial score (nSPS) is 14.5. The van der Waals surface area contributed by atoms with Gasteiger partial charge in [-0.2, -0.15) is 5.10 Å². The van der Waals surface area contributed by atoms with E-state index in [9.17, 15) is 9.59 Å². The first kappa shape index (κ1) is 21.9. The fraction of sp³-hybridized carbons (Fsp3) is 0.400. The van der Waals surface area contributed by atoms with Crippen molar-refractivity contribution in [2.24, 2.45) is 5.92 Å². The predicted molar refractivity (Wildman–Crippen MR) is 123 cm³/mol. The lowest BCUT2D eigenvalue weighted by molar-refractivity contribution is -0.131. The van der Waals surface area contributed by atoms with Crippen LogP contribution in [0.5, 0.6) is 5.75 Å². The molecule has 4 rings (SSSR count). The summed E-state index contributed by atoms with van der Waals surface area (Å²) in [5, 5.41) is 6.90. The maximum Gasteiger partial charge on any atom is 0.347 e. The minimum atomic E-state index is -0.211. The predicted octanol–water partition coefficient (Wildman–Crippen LogP) is 3.21. The van der Waals surface area contributed by atoms with E-state index in [0.717, 1.165) is 59.9 Å². The van der Waals surface area contributed by atoms with E-state index in [2.05, 4.69) is 10.2 Å². The number of ether oxygens (including phenoxy) is 1. The fourth-order valence-electron chi connectivity index (χ4n) is 4.51. The molecule has 7 heteroatoms. The number of likely N-dealkylation sites (tertiary alicyclic amines) is 1. The minimum Gasteiger partial charge on any atom is -0.496 e. The van der Waals surface area contributed by atoms with Crippen LogP contribution in [0, 0.1) is 19.8 Å². The van der Waals surface area contributed by atoms with Crippen LogP contribution < -0.4 is 10.4 Å². The number of nitrogens with one attached hydrogen (secondary N) is 1. The Kier molecular flexibility index (Phi) is 6.44. The Hall–Kier alpha value is -3.35. The molecule has 0 saturated carbocycles. The van der Waals surface area contributed by atoms with Gasteiger partial charge in [0.2, 0.25) is 5.91 Å². The molecule has 1 amide bonds. The highest BCUT2D eigenvalue weighted by molar-refractivity contribution is 5.79. The third-order valence-electron chi connectivity index (χ3n) is 6.35. The van der Waals surface area contributed by atoms with Crippen LogP contribution in [0.25, 0.3) is 5.69 Å². The van der Waals surface area contributed by atoms with Crippen molar-refractivity contribution in [3.8, 4) is 11.4 Å². The number of aromatic amines is 1. The number of amides is 1. The molecule has 0 spiro atoms. The molecule has 7 nitrogen and oxygen atoms in total. The van der Waals surface area contributed by atoms with Gasteiger partial charge in [0.05, 0.1) is 19.2 Å². The van der Waals surface area contributed by atoms with Gasteiger partial charge in [-0.3, -0.25) is 4.79 Å². The SMILES string of the molecule is COc1ccc(CC(=O)N2CCC(Cc3n[nH]c(=O)n3-c3ccccc3C)CC2)cc1C. The quantitative estimate of drug-likeness (QED) is 0.646. The molecule has 2 aromatic carbocycles. The van der Waals surface area contributed by atoms with E-state index in [1.807, 2.05) is 61.2 Å². The highest BCUT2D eigenvalue weighted by atomic mass is 16.5. The lowest BCUT2D eigenvalue weighted by Crippen LogP contribution is -2.40. The summed E-state index contributed by atoms with van der Waals surface area (Å²) >= 11 is 0. The summed E-state index contributed by atoms with van der Waals surface area (Å²) in [6, 6.07) is 13.7. The number of benzene rings is 2. The van der Waals surface area contributed by atoms with Gasteiger partial charge in [0.25, 0.3) is 0 Å². The summed E-state index contributed by atoms with van der Waals surface area (Å²) in [6.07, 6.45) is 2.93. The molecule has 32 heavy (non-hydrogen) atoms. The van der Waals surface area contributed by atoms with Crippen LogP contribution >= 0.6 is 0 Å². The van der Waals surface area contributed by atoms with Gasteiger partial charge in [0.15, 0.2) is 0 Å². The van der Waals surface area contributed by atoms with Crippen LogP contribution in [0.3, 0.4) is 0 Å². The number of hydrogen-bond donors (Lipinski definition) is 1. The van der Waals surface area contributed by atoms with Crippen molar-refractivity contribution in [1.82, 2.24) is 19.7 Å². The van der Waals surface area contributed by atoms with Crippen molar-refractivity contribution in [2.45, 2.75) is 39.5 Å². The smallest absolute Gasteiger partial charge is 0.347 e. The van der Waals surface area contributed by atoms with Crippen molar-refractivity contribution < 1.29 is 9.53 Å². The average Bonchev–Trinajstić information content (AvgIpc) is 3.14. The number of aromatic nitrogens is 3. The molecule has 1 aromatic heterocycles. The number of H-pyrrole nitrogens is 1. The summed E-state index contributed by atoms with van der Waals surface area (Å²) in [5.74, 6) is 2.14. The van der Waals surface area contributed by atoms with Gasteiger partial charge in [-0.25, -0.2) is 14.5 Å². The lowest BCUT2D eigenvalue weighted by atomic mass is 9.92. The van der Waals surface area contributed by atoms with E-state index < -0.39 is 0 Å². The number of para-hydroxylation sites is 1. The zero-order valence-corrected chi connectivity index (χ0v) is 18.9. The van der Waals surface area contributed by atoms with E-state index in [0.29, 0.717) is 18.8 Å². The molecule has 168 valence electrons. The van der Waals surface area contributed by atoms with Crippen molar-refractivity contribution >= 4 is 5.91 Å².